The number of aliphatic hydroxyl groups excluding tert-OH is 5. The quantitative estimate of drug-likeness (QED) is 0.0173. The molecule has 0 radical (unpaired) electrons. The van der Waals surface area contributed by atoms with Crippen LogP contribution in [0.5, 0.6) is 0 Å². The molecule has 1 rings (SSSR count). The topological polar surface area (TPSA) is 212 Å². The lowest BCUT2D eigenvalue weighted by atomic mass is 9.99. The van der Waals surface area contributed by atoms with E-state index in [-0.39, 0.29) is 6.42 Å². The molecule has 0 bridgehead atoms. The number of hydrogen-bond donors (Lipinski definition) is 7. The molecule has 0 aliphatic carbocycles. The van der Waals surface area contributed by atoms with Gasteiger partial charge in [-0.05, 0) is 44.9 Å². The summed E-state index contributed by atoms with van der Waals surface area (Å²) in [4.78, 5) is 13.1. The van der Waals surface area contributed by atoms with Crippen LogP contribution in [-0.4, -0.2) is 107 Å². The van der Waals surface area contributed by atoms with Crippen molar-refractivity contribution < 1.29 is 57.0 Å². The zero-order valence-corrected chi connectivity index (χ0v) is 41.5. The van der Waals surface area contributed by atoms with Crippen LogP contribution in [0.4, 0.5) is 0 Å². The second-order valence-corrected chi connectivity index (χ2v) is 19.3. The third-order valence-electron chi connectivity index (χ3n) is 12.3. The Hall–Kier alpha value is -1.72. The van der Waals surface area contributed by atoms with Gasteiger partial charge in [-0.25, -0.2) is 4.18 Å². The van der Waals surface area contributed by atoms with Gasteiger partial charge in [0.1, 0.15) is 30.5 Å². The molecular formula is C51H95NO12S. The van der Waals surface area contributed by atoms with E-state index in [9.17, 15) is 43.3 Å². The van der Waals surface area contributed by atoms with Crippen molar-refractivity contribution in [2.45, 2.75) is 268 Å². The largest absolute Gasteiger partial charge is 0.397 e. The number of carbonyl (C=O) groups is 1. The number of amides is 1. The summed E-state index contributed by atoms with van der Waals surface area (Å²) >= 11 is 0. The number of carbonyl (C=O) groups excluding carboxylic acids is 1. The van der Waals surface area contributed by atoms with E-state index >= 15 is 0 Å². The normalized spacial score (nSPS) is 20.9. The van der Waals surface area contributed by atoms with Crippen molar-refractivity contribution in [2.24, 2.45) is 0 Å². The molecule has 65 heavy (non-hydrogen) atoms. The molecule has 382 valence electrons. The van der Waals surface area contributed by atoms with E-state index in [0.29, 0.717) is 12.8 Å². The molecule has 8 unspecified atom stereocenters. The van der Waals surface area contributed by atoms with Crippen molar-refractivity contribution >= 4 is 16.3 Å². The molecule has 1 aliphatic rings. The van der Waals surface area contributed by atoms with Gasteiger partial charge >= 0.3 is 10.4 Å². The summed E-state index contributed by atoms with van der Waals surface area (Å²) in [6.45, 7) is 3.22. The molecular weight excluding hydrogens is 851 g/mol. The molecule has 8 atom stereocenters. The van der Waals surface area contributed by atoms with Crippen LogP contribution in [0.2, 0.25) is 0 Å². The highest BCUT2D eigenvalue weighted by Crippen LogP contribution is 2.26. The first-order valence-electron chi connectivity index (χ1n) is 26.0. The molecule has 13 nitrogen and oxygen atoms in total. The Morgan fingerprint density at radius 2 is 1.03 bits per heavy atom. The third kappa shape index (κ3) is 33.4. The number of unbranched alkanes of at least 4 members (excludes halogenated alkanes) is 27. The number of ether oxygens (including phenoxy) is 2. The zero-order chi connectivity index (χ0) is 47.8. The maximum absolute atomic E-state index is 13.1. The summed E-state index contributed by atoms with van der Waals surface area (Å²) in [6, 6.07) is -1.14. The molecule has 1 aliphatic heterocycles. The Morgan fingerprint density at radius 1 is 0.615 bits per heavy atom. The average molecular weight is 946 g/mol. The lowest BCUT2D eigenvalue weighted by Gasteiger charge is -2.41. The molecule has 0 saturated carbocycles. The van der Waals surface area contributed by atoms with E-state index in [1.54, 1.807) is 6.08 Å². The first-order valence-corrected chi connectivity index (χ1v) is 27.3. The fourth-order valence-corrected chi connectivity index (χ4v) is 8.65. The summed E-state index contributed by atoms with van der Waals surface area (Å²) in [7, 11) is -5.13. The summed E-state index contributed by atoms with van der Waals surface area (Å²) in [5, 5.41) is 55.3. The van der Waals surface area contributed by atoms with Crippen LogP contribution in [0.25, 0.3) is 0 Å². The van der Waals surface area contributed by atoms with Crippen molar-refractivity contribution in [3.63, 3.8) is 0 Å². The predicted molar refractivity (Wildman–Crippen MR) is 261 cm³/mol. The second-order valence-electron chi connectivity index (χ2n) is 18.2. The highest BCUT2D eigenvalue weighted by atomic mass is 32.3. The smallest absolute Gasteiger partial charge is 0.394 e. The van der Waals surface area contributed by atoms with Crippen LogP contribution in [0.15, 0.2) is 36.5 Å². The molecule has 7 N–H and O–H groups in total. The van der Waals surface area contributed by atoms with E-state index in [1.165, 1.54) is 147 Å². The maximum Gasteiger partial charge on any atom is 0.397 e. The summed E-state index contributed by atoms with van der Waals surface area (Å²) in [5.74, 6) is -0.714. The molecule has 0 aromatic carbocycles. The van der Waals surface area contributed by atoms with Gasteiger partial charge in [-0.15, -0.1) is 0 Å². The molecule has 0 aromatic heterocycles. The van der Waals surface area contributed by atoms with Crippen LogP contribution < -0.4 is 5.32 Å². The van der Waals surface area contributed by atoms with Gasteiger partial charge in [0.15, 0.2) is 6.29 Å². The van der Waals surface area contributed by atoms with Gasteiger partial charge in [0.05, 0.1) is 25.4 Å². The third-order valence-corrected chi connectivity index (χ3v) is 12.7. The van der Waals surface area contributed by atoms with Gasteiger partial charge < -0.3 is 40.3 Å². The Morgan fingerprint density at radius 3 is 1.48 bits per heavy atom. The first-order chi connectivity index (χ1) is 31.4. The zero-order valence-electron chi connectivity index (χ0n) is 40.7. The summed E-state index contributed by atoms with van der Waals surface area (Å²) < 4.78 is 47.6. The van der Waals surface area contributed by atoms with Gasteiger partial charge in [0, 0.05) is 0 Å². The Bertz CT molecular complexity index is 1310. The lowest BCUT2D eigenvalue weighted by Crippen LogP contribution is -2.61. The van der Waals surface area contributed by atoms with E-state index in [2.05, 4.69) is 47.7 Å². The van der Waals surface area contributed by atoms with Crippen LogP contribution in [0.1, 0.15) is 219 Å². The van der Waals surface area contributed by atoms with Crippen LogP contribution in [0.3, 0.4) is 0 Å². The highest BCUT2D eigenvalue weighted by Gasteiger charge is 2.48. The minimum atomic E-state index is -5.13. The number of aliphatic hydroxyl groups is 5. The number of hydrogen-bond acceptors (Lipinski definition) is 11. The molecule has 1 saturated heterocycles. The monoisotopic (exact) mass is 946 g/mol. The van der Waals surface area contributed by atoms with Gasteiger partial charge in [0.25, 0.3) is 0 Å². The first kappa shape index (κ1) is 61.3. The molecule has 1 fully saturated rings. The number of nitrogens with one attached hydrogen (secondary N) is 1. The fraction of sp³-hybridized carbons (Fsp3) is 0.863. The van der Waals surface area contributed by atoms with Crippen molar-refractivity contribution in [1.82, 2.24) is 5.32 Å². The SMILES string of the molecule is CCCCCCCCCCCC/C=C/CC/C=C/CC/C=C/C(O)C(COC1OC(CO)C(O)C(OS(=O)(=O)O)C1O)NC(=O)C(O)CCCCCCCCCCCCCCCCCC. The second kappa shape index (κ2) is 41.3. The average Bonchev–Trinajstić information content (AvgIpc) is 3.28. The lowest BCUT2D eigenvalue weighted by molar-refractivity contribution is -0.298. The highest BCUT2D eigenvalue weighted by molar-refractivity contribution is 7.80. The van der Waals surface area contributed by atoms with E-state index in [1.807, 2.05) is 0 Å². The number of rotatable bonds is 44. The van der Waals surface area contributed by atoms with E-state index in [4.69, 9.17) is 9.47 Å². The minimum absolute atomic E-state index is 0.237. The van der Waals surface area contributed by atoms with Crippen molar-refractivity contribution in [3.8, 4) is 0 Å². The standard InChI is InChI=1S/C51H95NO12S/c1-3-5-7-9-11-13-15-17-19-21-22-23-24-26-27-29-31-33-35-37-39-44(54)43(42-62-51-48(57)49(64-65(59,60)61)47(56)46(41-53)63-51)52-50(58)45(55)40-38-36-34-32-30-28-25-20-18-16-14-12-10-8-6-4-2/h23-24,29,31,37,39,43-49,51,53-57H,3-22,25-28,30,32-36,38,40-42H2,1-2H3,(H,52,58)(H,59,60,61)/b24-23+,31-29+,39-37+. The van der Waals surface area contributed by atoms with Gasteiger partial charge in [0.2, 0.25) is 5.91 Å². The van der Waals surface area contributed by atoms with Gasteiger partial charge in [-0.1, -0.05) is 211 Å². The molecule has 0 spiro atoms. The Labute approximate surface area is 395 Å². The number of allylic oxidation sites excluding steroid dienone is 5. The van der Waals surface area contributed by atoms with Crippen molar-refractivity contribution in [1.29, 1.82) is 0 Å². The maximum atomic E-state index is 13.1. The van der Waals surface area contributed by atoms with Crippen molar-refractivity contribution in [3.05, 3.63) is 36.5 Å². The summed E-state index contributed by atoms with van der Waals surface area (Å²) in [5.41, 5.74) is 0. The van der Waals surface area contributed by atoms with Crippen molar-refractivity contribution in [2.75, 3.05) is 13.2 Å². The molecule has 0 aromatic rings. The van der Waals surface area contributed by atoms with Gasteiger partial charge in [-0.3, -0.25) is 9.35 Å². The van der Waals surface area contributed by atoms with Gasteiger partial charge in [-0.2, -0.15) is 8.42 Å². The minimum Gasteiger partial charge on any atom is -0.394 e. The fourth-order valence-electron chi connectivity index (χ4n) is 8.14. The Kier molecular flexibility index (Phi) is 38.9. The van der Waals surface area contributed by atoms with E-state index < -0.39 is 78.5 Å². The molecule has 14 heteroatoms. The Balaban J connectivity index is 2.56. The van der Waals surface area contributed by atoms with Crippen LogP contribution in [-0.2, 0) is 28.9 Å². The molecule has 1 amide bonds. The molecule has 1 heterocycles. The van der Waals surface area contributed by atoms with Crippen LogP contribution >= 0.6 is 0 Å². The van der Waals surface area contributed by atoms with E-state index in [0.717, 1.165) is 44.9 Å². The van der Waals surface area contributed by atoms with Crippen LogP contribution in [0, 0.1) is 0 Å². The summed E-state index contributed by atoms with van der Waals surface area (Å²) in [6.07, 6.45) is 37.9. The predicted octanol–water partition coefficient (Wildman–Crippen LogP) is 10.0.